The molecule has 4 heterocycles. The van der Waals surface area contributed by atoms with E-state index in [-0.39, 0.29) is 24.3 Å². The van der Waals surface area contributed by atoms with E-state index in [2.05, 4.69) is 46.3 Å². The summed E-state index contributed by atoms with van der Waals surface area (Å²) in [6.45, 7) is 6.40. The number of carbonyl (C=O) groups is 1. The molecule has 1 fully saturated rings. The van der Waals surface area contributed by atoms with Gasteiger partial charge in [0, 0.05) is 48.5 Å². The van der Waals surface area contributed by atoms with Crippen molar-refractivity contribution >= 4 is 27.5 Å². The Labute approximate surface area is 207 Å². The van der Waals surface area contributed by atoms with Crippen LogP contribution in [0.2, 0.25) is 0 Å². The van der Waals surface area contributed by atoms with Crippen LogP contribution in [0.15, 0.2) is 24.5 Å². The molecule has 2 aliphatic heterocycles. The summed E-state index contributed by atoms with van der Waals surface area (Å²) < 4.78 is 35.5. The quantitative estimate of drug-likeness (QED) is 0.466. The molecule has 35 heavy (non-hydrogen) atoms. The molecule has 0 bridgehead atoms. The number of hydrogen-bond donors (Lipinski definition) is 1. The number of aromatic nitrogens is 4. The molecule has 3 aromatic rings. The van der Waals surface area contributed by atoms with Gasteiger partial charge in [-0.3, -0.25) is 0 Å². The van der Waals surface area contributed by atoms with Gasteiger partial charge in [-0.05, 0) is 31.5 Å². The third-order valence-corrected chi connectivity index (χ3v) is 8.31. The molecule has 0 atom stereocenters. The van der Waals surface area contributed by atoms with Crippen molar-refractivity contribution in [1.29, 1.82) is 0 Å². The molecule has 5 rings (SSSR count). The van der Waals surface area contributed by atoms with Crippen LogP contribution in [-0.4, -0.2) is 71.2 Å². The highest BCUT2D eigenvalue weighted by Gasteiger charge is 2.31. The minimum absolute atomic E-state index is 0.187. The monoisotopic (exact) mass is 518 g/mol. The lowest BCUT2D eigenvalue weighted by molar-refractivity contribution is 0.156. The Morgan fingerprint density at radius 2 is 2.14 bits per heavy atom. The van der Waals surface area contributed by atoms with E-state index >= 15 is 0 Å². The van der Waals surface area contributed by atoms with Gasteiger partial charge < -0.3 is 19.6 Å². The molecule has 1 saturated heterocycles. The second kappa shape index (κ2) is 9.21. The summed E-state index contributed by atoms with van der Waals surface area (Å²) >= 11 is 1.63. The molecule has 13 heteroatoms. The lowest BCUT2D eigenvalue weighted by atomic mass is 9.90. The summed E-state index contributed by atoms with van der Waals surface area (Å²) in [5, 5.41) is 5.19. The fourth-order valence-electron chi connectivity index (χ4n) is 4.34. The van der Waals surface area contributed by atoms with Gasteiger partial charge in [0.1, 0.15) is 12.1 Å². The Kier molecular flexibility index (Phi) is 6.23. The average molecular weight is 519 g/mol. The normalized spacial score (nSPS) is 16.2. The van der Waals surface area contributed by atoms with Gasteiger partial charge in [-0.1, -0.05) is 6.07 Å². The highest BCUT2D eigenvalue weighted by atomic mass is 32.2. The Hall–Kier alpha value is -3.03. The maximum absolute atomic E-state index is 11.7. The van der Waals surface area contributed by atoms with Crippen LogP contribution in [0.5, 0.6) is 5.75 Å². The number of thiazole rings is 1. The summed E-state index contributed by atoms with van der Waals surface area (Å²) in [5.74, 6) is 1.56. The van der Waals surface area contributed by atoms with Gasteiger partial charge in [0.05, 0.1) is 18.1 Å². The Balaban J connectivity index is 1.30. The van der Waals surface area contributed by atoms with Crippen LogP contribution in [0.3, 0.4) is 0 Å². The van der Waals surface area contributed by atoms with E-state index in [1.54, 1.807) is 17.7 Å². The minimum atomic E-state index is -3.95. The SMILES string of the molecule is CC(C)n1ncnc1-c1nc2c(s1)CCOc1cc(C3CN(CCS(=O)(=O)OC(N)=O)C3)ccc1-2. The lowest BCUT2D eigenvalue weighted by Gasteiger charge is -2.39. The number of primary amides is 1. The predicted molar refractivity (Wildman–Crippen MR) is 130 cm³/mol. The van der Waals surface area contributed by atoms with E-state index in [1.165, 1.54) is 4.88 Å². The number of ether oxygens (including phenoxy) is 1. The first kappa shape index (κ1) is 23.7. The average Bonchev–Trinajstić information content (AvgIpc) is 3.36. The van der Waals surface area contributed by atoms with Crippen LogP contribution in [0.25, 0.3) is 22.1 Å². The van der Waals surface area contributed by atoms with Gasteiger partial charge in [-0.2, -0.15) is 13.5 Å². The van der Waals surface area contributed by atoms with Crippen molar-refractivity contribution in [2.75, 3.05) is 32.0 Å². The molecule has 1 amide bonds. The fraction of sp³-hybridized carbons (Fsp3) is 0.455. The molecule has 2 aromatic heterocycles. The molecule has 0 aliphatic carbocycles. The number of likely N-dealkylation sites (tertiary alicyclic amines) is 1. The van der Waals surface area contributed by atoms with Gasteiger partial charge in [0.25, 0.3) is 0 Å². The number of rotatable bonds is 7. The number of benzene rings is 1. The van der Waals surface area contributed by atoms with Crippen LogP contribution < -0.4 is 10.5 Å². The largest absolute Gasteiger partial charge is 0.492 e. The van der Waals surface area contributed by atoms with Gasteiger partial charge in [0.15, 0.2) is 10.8 Å². The van der Waals surface area contributed by atoms with E-state index in [0.717, 1.165) is 39.8 Å². The van der Waals surface area contributed by atoms with Crippen LogP contribution in [0.4, 0.5) is 4.79 Å². The van der Waals surface area contributed by atoms with Crippen molar-refractivity contribution in [3.63, 3.8) is 0 Å². The smallest absolute Gasteiger partial charge is 0.420 e. The molecule has 2 N–H and O–H groups in total. The van der Waals surface area contributed by atoms with E-state index in [9.17, 15) is 13.2 Å². The standard InChI is InChI=1S/C22H26N6O5S2/c1-13(2)28-20(24-12-25-28)21-26-19-16-4-3-14(9-17(16)32-7-5-18(19)34-21)15-10-27(11-15)6-8-35(30,31)33-22(23)29/h3-4,9,12-13,15H,5-8,10-11H2,1-2H3,(H2,23,29). The van der Waals surface area contributed by atoms with Gasteiger partial charge in [-0.25, -0.2) is 19.4 Å². The Bertz CT molecular complexity index is 1360. The summed E-state index contributed by atoms with van der Waals surface area (Å²) in [7, 11) is -3.95. The second-order valence-corrected chi connectivity index (χ2v) is 11.7. The molecule has 0 saturated carbocycles. The maximum Gasteiger partial charge on any atom is 0.420 e. The van der Waals surface area contributed by atoms with Crippen LogP contribution >= 0.6 is 11.3 Å². The molecule has 1 aromatic carbocycles. The zero-order chi connectivity index (χ0) is 24.7. The highest BCUT2D eigenvalue weighted by Crippen LogP contribution is 2.42. The first-order chi connectivity index (χ1) is 16.7. The molecule has 186 valence electrons. The molecule has 0 unspecified atom stereocenters. The van der Waals surface area contributed by atoms with Crippen molar-refractivity contribution in [3.05, 3.63) is 35.0 Å². The molecular weight excluding hydrogens is 492 g/mol. The Morgan fingerprint density at radius 1 is 1.34 bits per heavy atom. The van der Waals surface area contributed by atoms with Crippen molar-refractivity contribution in [2.24, 2.45) is 5.73 Å². The van der Waals surface area contributed by atoms with E-state index < -0.39 is 16.2 Å². The van der Waals surface area contributed by atoms with Crippen LogP contribution in [0.1, 0.15) is 36.2 Å². The number of amides is 1. The van der Waals surface area contributed by atoms with E-state index in [0.29, 0.717) is 19.7 Å². The molecule has 0 spiro atoms. The number of nitrogens with two attached hydrogens (primary N) is 1. The fourth-order valence-corrected chi connectivity index (χ4v) is 6.20. The van der Waals surface area contributed by atoms with Crippen molar-refractivity contribution in [1.82, 2.24) is 24.6 Å². The molecule has 0 radical (unpaired) electrons. The third-order valence-electron chi connectivity index (χ3n) is 6.09. The van der Waals surface area contributed by atoms with Gasteiger partial charge in [-0.15, -0.1) is 11.3 Å². The summed E-state index contributed by atoms with van der Waals surface area (Å²) in [6, 6.07) is 6.39. The van der Waals surface area contributed by atoms with Gasteiger partial charge in [0.2, 0.25) is 0 Å². The molecule has 2 aliphatic rings. The van der Waals surface area contributed by atoms with Crippen LogP contribution in [0, 0.1) is 0 Å². The highest BCUT2D eigenvalue weighted by molar-refractivity contribution is 7.87. The molecule has 11 nitrogen and oxygen atoms in total. The molecular formula is C22H26N6O5S2. The van der Waals surface area contributed by atoms with Crippen molar-refractivity contribution in [2.45, 2.75) is 32.2 Å². The van der Waals surface area contributed by atoms with Crippen molar-refractivity contribution in [3.8, 4) is 27.8 Å². The van der Waals surface area contributed by atoms with Crippen molar-refractivity contribution < 1.29 is 22.1 Å². The maximum atomic E-state index is 11.7. The topological polar surface area (TPSA) is 143 Å². The zero-order valence-corrected chi connectivity index (χ0v) is 21.0. The predicted octanol–water partition coefficient (Wildman–Crippen LogP) is 2.41. The minimum Gasteiger partial charge on any atom is -0.492 e. The Morgan fingerprint density at radius 3 is 2.89 bits per heavy atom. The number of fused-ring (bicyclic) bond motifs is 3. The number of hydrogen-bond acceptors (Lipinski definition) is 10. The van der Waals surface area contributed by atoms with E-state index in [4.69, 9.17) is 15.5 Å². The second-order valence-electron chi connectivity index (χ2n) is 8.89. The summed E-state index contributed by atoms with van der Waals surface area (Å²) in [6.07, 6.45) is 1.02. The summed E-state index contributed by atoms with van der Waals surface area (Å²) in [4.78, 5) is 23.2. The van der Waals surface area contributed by atoms with E-state index in [1.807, 2.05) is 9.58 Å². The first-order valence-corrected chi connectivity index (χ1v) is 13.7. The third kappa shape index (κ3) is 4.88. The van der Waals surface area contributed by atoms with Gasteiger partial charge >= 0.3 is 16.2 Å². The first-order valence-electron chi connectivity index (χ1n) is 11.3. The number of nitrogens with zero attached hydrogens (tertiary/aromatic N) is 5. The van der Waals surface area contributed by atoms with Crippen LogP contribution in [-0.2, 0) is 20.7 Å². The summed E-state index contributed by atoms with van der Waals surface area (Å²) in [5.41, 5.74) is 7.82. The number of carbonyl (C=O) groups excluding carboxylic acids is 1. The zero-order valence-electron chi connectivity index (χ0n) is 19.4. The lowest BCUT2D eigenvalue weighted by Crippen LogP contribution is -2.47.